The van der Waals surface area contributed by atoms with Crippen molar-refractivity contribution in [2.75, 3.05) is 12.8 Å². The fraction of sp³-hybridized carbons (Fsp3) is 0.500. The Morgan fingerprint density at radius 2 is 2.18 bits per heavy atom. The van der Waals surface area contributed by atoms with Crippen LogP contribution in [0.1, 0.15) is 37.6 Å². The van der Waals surface area contributed by atoms with Gasteiger partial charge in [-0.1, -0.05) is 18.5 Å². The van der Waals surface area contributed by atoms with Crippen LogP contribution in [0.15, 0.2) is 12.3 Å². The lowest BCUT2D eigenvalue weighted by Crippen LogP contribution is -2.44. The lowest BCUT2D eigenvalue weighted by atomic mass is 9.99. The van der Waals surface area contributed by atoms with E-state index in [1.165, 1.54) is 12.3 Å². The summed E-state index contributed by atoms with van der Waals surface area (Å²) in [5.74, 6) is -0.140. The van der Waals surface area contributed by atoms with Gasteiger partial charge in [0.25, 0.3) is 5.91 Å². The van der Waals surface area contributed by atoms with Crippen LogP contribution >= 0.6 is 11.6 Å². The van der Waals surface area contributed by atoms with E-state index in [4.69, 9.17) is 17.3 Å². The maximum atomic E-state index is 12.3. The highest BCUT2D eigenvalue weighted by atomic mass is 35.5. The molecule has 0 unspecified atom stereocenters. The van der Waals surface area contributed by atoms with Gasteiger partial charge in [0.15, 0.2) is 0 Å². The zero-order chi connectivity index (χ0) is 13.2. The summed E-state index contributed by atoms with van der Waals surface area (Å²) < 4.78 is 0. The number of aromatic nitrogens is 1. The van der Waals surface area contributed by atoms with Crippen LogP contribution in [0.2, 0.25) is 5.15 Å². The first kappa shape index (κ1) is 13.8. The summed E-state index contributed by atoms with van der Waals surface area (Å²) >= 11 is 5.78. The fourth-order valence-corrected chi connectivity index (χ4v) is 1.48. The van der Waals surface area contributed by atoms with Crippen LogP contribution < -0.4 is 5.73 Å². The Labute approximate surface area is 107 Å². The molecule has 0 aliphatic heterocycles. The SMILES string of the molecule is CCC(C)(C)N(C)C(=O)c1cc(Cl)ncc1N. The third-order valence-electron chi connectivity index (χ3n) is 3.21. The first-order chi connectivity index (χ1) is 7.79. The molecule has 1 rings (SSSR count). The van der Waals surface area contributed by atoms with Crippen molar-refractivity contribution in [2.45, 2.75) is 32.7 Å². The number of anilines is 1. The number of pyridine rings is 1. The lowest BCUT2D eigenvalue weighted by molar-refractivity contribution is 0.0621. The number of carbonyl (C=O) groups is 1. The average molecular weight is 256 g/mol. The van der Waals surface area contributed by atoms with Gasteiger partial charge in [0.05, 0.1) is 17.4 Å². The van der Waals surface area contributed by atoms with Crippen molar-refractivity contribution in [1.82, 2.24) is 9.88 Å². The molecular formula is C12H18ClN3O. The molecule has 94 valence electrons. The molecule has 1 heterocycles. The molecule has 1 aromatic rings. The van der Waals surface area contributed by atoms with Crippen molar-refractivity contribution in [3.63, 3.8) is 0 Å². The van der Waals surface area contributed by atoms with Crippen molar-refractivity contribution in [2.24, 2.45) is 0 Å². The van der Waals surface area contributed by atoms with Crippen LogP contribution in [-0.2, 0) is 0 Å². The molecule has 0 saturated heterocycles. The van der Waals surface area contributed by atoms with Gasteiger partial charge >= 0.3 is 0 Å². The number of halogens is 1. The van der Waals surface area contributed by atoms with Gasteiger partial charge in [-0.15, -0.1) is 0 Å². The molecule has 0 atom stereocenters. The maximum Gasteiger partial charge on any atom is 0.256 e. The number of nitrogens with zero attached hydrogens (tertiary/aromatic N) is 2. The Morgan fingerprint density at radius 1 is 1.59 bits per heavy atom. The molecular weight excluding hydrogens is 238 g/mol. The lowest BCUT2D eigenvalue weighted by Gasteiger charge is -2.35. The van der Waals surface area contributed by atoms with E-state index >= 15 is 0 Å². The minimum Gasteiger partial charge on any atom is -0.397 e. The van der Waals surface area contributed by atoms with Gasteiger partial charge in [-0.25, -0.2) is 4.98 Å². The predicted molar refractivity (Wildman–Crippen MR) is 70.1 cm³/mol. The van der Waals surface area contributed by atoms with E-state index in [9.17, 15) is 4.79 Å². The topological polar surface area (TPSA) is 59.2 Å². The van der Waals surface area contributed by atoms with Crippen LogP contribution in [0.25, 0.3) is 0 Å². The molecule has 17 heavy (non-hydrogen) atoms. The number of carbonyl (C=O) groups excluding carboxylic acids is 1. The highest BCUT2D eigenvalue weighted by Crippen LogP contribution is 2.22. The van der Waals surface area contributed by atoms with Gasteiger partial charge in [0, 0.05) is 12.6 Å². The van der Waals surface area contributed by atoms with Gasteiger partial charge in [-0.05, 0) is 26.3 Å². The Balaban J connectivity index is 3.08. The number of amides is 1. The zero-order valence-corrected chi connectivity index (χ0v) is 11.4. The number of nitrogen functional groups attached to an aromatic ring is 1. The Hall–Kier alpha value is -1.29. The van der Waals surface area contributed by atoms with E-state index < -0.39 is 0 Å². The van der Waals surface area contributed by atoms with Crippen molar-refractivity contribution in [1.29, 1.82) is 0 Å². The normalized spacial score (nSPS) is 11.4. The zero-order valence-electron chi connectivity index (χ0n) is 10.6. The Bertz CT molecular complexity index is 432. The second-order valence-corrected chi connectivity index (χ2v) is 5.01. The fourth-order valence-electron chi connectivity index (χ4n) is 1.32. The highest BCUT2D eigenvalue weighted by molar-refractivity contribution is 6.29. The molecule has 4 nitrogen and oxygen atoms in total. The van der Waals surface area contributed by atoms with Crippen molar-refractivity contribution in [3.05, 3.63) is 23.0 Å². The minimum atomic E-state index is -0.223. The maximum absolute atomic E-state index is 12.3. The molecule has 1 aromatic heterocycles. The van der Waals surface area contributed by atoms with Crippen LogP contribution in [0.4, 0.5) is 5.69 Å². The smallest absolute Gasteiger partial charge is 0.256 e. The molecule has 0 fully saturated rings. The number of nitrogens with two attached hydrogens (primary N) is 1. The van der Waals surface area contributed by atoms with Crippen molar-refractivity contribution >= 4 is 23.2 Å². The number of rotatable bonds is 3. The molecule has 0 spiro atoms. The summed E-state index contributed by atoms with van der Waals surface area (Å²) in [6, 6.07) is 1.50. The molecule has 0 bridgehead atoms. The van der Waals surface area contributed by atoms with Crippen LogP contribution in [0.5, 0.6) is 0 Å². The van der Waals surface area contributed by atoms with E-state index in [0.717, 1.165) is 6.42 Å². The van der Waals surface area contributed by atoms with Gasteiger partial charge in [0.1, 0.15) is 5.15 Å². The van der Waals surface area contributed by atoms with E-state index in [1.807, 2.05) is 20.8 Å². The first-order valence-electron chi connectivity index (χ1n) is 5.48. The van der Waals surface area contributed by atoms with Crippen LogP contribution in [-0.4, -0.2) is 28.4 Å². The molecule has 5 heteroatoms. The molecule has 0 aliphatic rings. The highest BCUT2D eigenvalue weighted by Gasteiger charge is 2.27. The Kier molecular flexibility index (Phi) is 3.98. The summed E-state index contributed by atoms with van der Waals surface area (Å²) in [6.07, 6.45) is 2.26. The molecule has 2 N–H and O–H groups in total. The second kappa shape index (κ2) is 4.92. The summed E-state index contributed by atoms with van der Waals surface area (Å²) in [6.45, 7) is 6.04. The monoisotopic (exact) mass is 255 g/mol. The van der Waals surface area contributed by atoms with Crippen LogP contribution in [0, 0.1) is 0 Å². The van der Waals surface area contributed by atoms with Gasteiger partial charge < -0.3 is 10.6 Å². The number of hydrogen-bond acceptors (Lipinski definition) is 3. The Morgan fingerprint density at radius 3 is 2.71 bits per heavy atom. The molecule has 0 aliphatic carbocycles. The van der Waals surface area contributed by atoms with Crippen LogP contribution in [0.3, 0.4) is 0 Å². The summed E-state index contributed by atoms with van der Waals surface area (Å²) in [7, 11) is 1.76. The third-order valence-corrected chi connectivity index (χ3v) is 3.42. The summed E-state index contributed by atoms with van der Waals surface area (Å²) in [4.78, 5) is 17.8. The van der Waals surface area contributed by atoms with E-state index in [2.05, 4.69) is 4.98 Å². The van der Waals surface area contributed by atoms with Crippen molar-refractivity contribution in [3.8, 4) is 0 Å². The quantitative estimate of drug-likeness (QED) is 0.845. The molecule has 0 saturated carbocycles. The van der Waals surface area contributed by atoms with Gasteiger partial charge in [0.2, 0.25) is 0 Å². The molecule has 0 aromatic carbocycles. The average Bonchev–Trinajstić information content (AvgIpc) is 2.30. The standard InChI is InChI=1S/C12H18ClN3O/c1-5-12(2,3)16(4)11(17)8-6-10(13)15-7-9(8)14/h6-7H,5,14H2,1-4H3. The van der Waals surface area contributed by atoms with Crippen molar-refractivity contribution < 1.29 is 4.79 Å². The molecule has 0 radical (unpaired) electrons. The summed E-state index contributed by atoms with van der Waals surface area (Å²) in [5, 5.41) is 0.269. The molecule has 1 amide bonds. The third kappa shape index (κ3) is 2.88. The second-order valence-electron chi connectivity index (χ2n) is 4.62. The van der Waals surface area contributed by atoms with E-state index in [-0.39, 0.29) is 16.6 Å². The minimum absolute atomic E-state index is 0.140. The van der Waals surface area contributed by atoms with E-state index in [1.54, 1.807) is 11.9 Å². The van der Waals surface area contributed by atoms with Gasteiger partial charge in [-0.3, -0.25) is 4.79 Å². The first-order valence-corrected chi connectivity index (χ1v) is 5.86. The van der Waals surface area contributed by atoms with Gasteiger partial charge in [-0.2, -0.15) is 0 Å². The predicted octanol–water partition coefficient (Wildman–Crippen LogP) is 2.58. The summed E-state index contributed by atoms with van der Waals surface area (Å²) in [5.41, 5.74) is 6.26. The van der Waals surface area contributed by atoms with E-state index in [0.29, 0.717) is 11.3 Å². The largest absolute Gasteiger partial charge is 0.397 e. The number of hydrogen-bond donors (Lipinski definition) is 1.